The topological polar surface area (TPSA) is 95.0 Å². The van der Waals surface area contributed by atoms with Crippen LogP contribution in [0.15, 0.2) is 30.9 Å². The zero-order chi connectivity index (χ0) is 19.3. The molecule has 1 amide bonds. The van der Waals surface area contributed by atoms with E-state index >= 15 is 0 Å². The third-order valence-corrected chi connectivity index (χ3v) is 5.66. The highest BCUT2D eigenvalue weighted by atomic mass is 16.2. The number of nitrogens with zero attached hydrogens (tertiary/aromatic N) is 6. The van der Waals surface area contributed by atoms with Crippen molar-refractivity contribution in [2.45, 2.75) is 24.8 Å². The van der Waals surface area contributed by atoms with Gasteiger partial charge in [0.1, 0.15) is 11.2 Å². The average molecular weight is 371 g/mol. The van der Waals surface area contributed by atoms with Crippen molar-refractivity contribution >= 4 is 22.6 Å². The molecule has 1 aliphatic carbocycles. The number of nitrogens with one attached hydrogen (secondary N) is 1. The third kappa shape index (κ3) is 2.39. The number of hydrogen-bond acceptors (Lipinski definition) is 4. The first-order chi connectivity index (χ1) is 13.6. The van der Waals surface area contributed by atoms with Crippen LogP contribution < -0.4 is 0 Å². The summed E-state index contributed by atoms with van der Waals surface area (Å²) >= 11 is 0. The fourth-order valence-corrected chi connectivity index (χ4v) is 3.99. The van der Waals surface area contributed by atoms with Crippen LogP contribution in [0.1, 0.15) is 19.3 Å². The van der Waals surface area contributed by atoms with Gasteiger partial charge >= 0.3 is 0 Å². The molecule has 0 spiro atoms. The fourth-order valence-electron chi connectivity index (χ4n) is 3.99. The third-order valence-electron chi connectivity index (χ3n) is 5.66. The molecule has 5 rings (SSSR count). The van der Waals surface area contributed by atoms with Crippen molar-refractivity contribution in [3.63, 3.8) is 0 Å². The smallest absolute Gasteiger partial charge is 0.225 e. The summed E-state index contributed by atoms with van der Waals surface area (Å²) < 4.78 is 1.80. The molecule has 8 heteroatoms. The lowest BCUT2D eigenvalue weighted by Crippen LogP contribution is -2.64. The van der Waals surface area contributed by atoms with E-state index in [0.717, 1.165) is 29.4 Å². The molecule has 3 aromatic heterocycles. The molecule has 3 aromatic rings. The molecule has 0 bridgehead atoms. The molecule has 138 valence electrons. The lowest BCUT2D eigenvalue weighted by Gasteiger charge is -2.49. The summed E-state index contributed by atoms with van der Waals surface area (Å²) in [7, 11) is 0. The number of nitriles is 1. The minimum atomic E-state index is -0.500. The molecule has 8 nitrogen and oxygen atoms in total. The van der Waals surface area contributed by atoms with Crippen LogP contribution in [-0.2, 0) is 10.3 Å². The molecule has 1 saturated carbocycles. The van der Waals surface area contributed by atoms with Gasteiger partial charge in [0.2, 0.25) is 11.6 Å². The van der Waals surface area contributed by atoms with Gasteiger partial charge in [0.15, 0.2) is 0 Å². The molecule has 0 radical (unpaired) electrons. The number of pyridine rings is 1. The number of carbonyl (C=O) groups excluding carboxylic acids is 1. The highest BCUT2D eigenvalue weighted by molar-refractivity contribution is 5.99. The molecule has 1 N–H and O–H groups in total. The predicted molar refractivity (Wildman–Crippen MR) is 101 cm³/mol. The van der Waals surface area contributed by atoms with Crippen LogP contribution in [0, 0.1) is 23.8 Å². The second kappa shape index (κ2) is 5.93. The first-order valence-electron chi connectivity index (χ1n) is 9.20. The van der Waals surface area contributed by atoms with Gasteiger partial charge in [0.05, 0.1) is 25.3 Å². The minimum Gasteiger partial charge on any atom is -0.346 e. The van der Waals surface area contributed by atoms with E-state index in [1.807, 2.05) is 17.2 Å². The molecule has 2 fully saturated rings. The zero-order valence-electron chi connectivity index (χ0n) is 15.1. The van der Waals surface area contributed by atoms with E-state index in [2.05, 4.69) is 26.0 Å². The molecule has 0 unspecified atom stereocenters. The Balaban J connectivity index is 1.51. The van der Waals surface area contributed by atoms with Gasteiger partial charge in [-0.05, 0) is 18.9 Å². The van der Waals surface area contributed by atoms with E-state index in [0.29, 0.717) is 24.4 Å². The summed E-state index contributed by atoms with van der Waals surface area (Å²) in [6, 6.07) is 4.14. The van der Waals surface area contributed by atoms with E-state index < -0.39 is 5.54 Å². The van der Waals surface area contributed by atoms with Gasteiger partial charge in [-0.3, -0.25) is 14.5 Å². The fraction of sp³-hybridized carbons (Fsp3) is 0.350. The maximum atomic E-state index is 12.3. The summed E-state index contributed by atoms with van der Waals surface area (Å²) in [5.74, 6) is 0.368. The van der Waals surface area contributed by atoms with Gasteiger partial charge < -0.3 is 9.88 Å². The summed E-state index contributed by atoms with van der Waals surface area (Å²) in [4.78, 5) is 25.1. The first-order valence-corrected chi connectivity index (χ1v) is 9.20. The number of aromatic nitrogens is 4. The van der Waals surface area contributed by atoms with Gasteiger partial charge in [0.25, 0.3) is 0 Å². The lowest BCUT2D eigenvalue weighted by molar-refractivity contribution is -0.144. The van der Waals surface area contributed by atoms with Crippen LogP contribution in [0.3, 0.4) is 0 Å². The number of H-pyrrole nitrogens is 1. The first kappa shape index (κ1) is 16.5. The zero-order valence-corrected chi connectivity index (χ0v) is 15.1. The normalized spacial score (nSPS) is 17.7. The molecule has 4 heterocycles. The van der Waals surface area contributed by atoms with Crippen molar-refractivity contribution in [2.75, 3.05) is 13.1 Å². The predicted octanol–water partition coefficient (Wildman–Crippen LogP) is 2.84. The Bertz CT molecular complexity index is 1170. The lowest BCUT2D eigenvalue weighted by atomic mass is 9.86. The second-order valence-electron chi connectivity index (χ2n) is 7.57. The van der Waals surface area contributed by atoms with Gasteiger partial charge in [-0.15, -0.1) is 0 Å². The van der Waals surface area contributed by atoms with Crippen LogP contribution in [0.2, 0.25) is 0 Å². The van der Waals surface area contributed by atoms with Crippen molar-refractivity contribution < 1.29 is 4.79 Å². The number of likely N-dealkylation sites (tertiary alicyclic amines) is 1. The second-order valence-corrected chi connectivity index (χ2v) is 7.57. The van der Waals surface area contributed by atoms with Crippen molar-refractivity contribution in [1.29, 1.82) is 5.26 Å². The average Bonchev–Trinajstić information content (AvgIpc) is 3.22. The Kier molecular flexibility index (Phi) is 3.50. The highest BCUT2D eigenvalue weighted by Crippen LogP contribution is 2.40. The number of aromatic amines is 1. The largest absolute Gasteiger partial charge is 0.346 e. The number of fused-ring (bicyclic) bond motifs is 1. The molecular formula is C20H17N7O. The van der Waals surface area contributed by atoms with Crippen molar-refractivity contribution in [2.24, 2.45) is 5.92 Å². The van der Waals surface area contributed by atoms with Gasteiger partial charge in [-0.25, -0.2) is 4.85 Å². The van der Waals surface area contributed by atoms with E-state index in [1.165, 1.54) is 0 Å². The molecular weight excluding hydrogens is 354 g/mol. The van der Waals surface area contributed by atoms with E-state index in [4.69, 9.17) is 6.57 Å². The van der Waals surface area contributed by atoms with E-state index in [1.54, 1.807) is 23.3 Å². The molecule has 0 atom stereocenters. The highest BCUT2D eigenvalue weighted by Gasteiger charge is 2.50. The number of hydrogen-bond donors (Lipinski definition) is 1. The van der Waals surface area contributed by atoms with Crippen LogP contribution in [0.25, 0.3) is 27.0 Å². The SMILES string of the molecule is [C-]#[N+]c1cnc2[nH]ccc2c1-c1cnn(C2(CC#N)CN(C(=O)C3CC3)C2)c1. The van der Waals surface area contributed by atoms with Crippen LogP contribution >= 0.6 is 0 Å². The van der Waals surface area contributed by atoms with E-state index in [-0.39, 0.29) is 18.2 Å². The van der Waals surface area contributed by atoms with Gasteiger partial charge in [-0.2, -0.15) is 10.4 Å². The molecule has 1 saturated heterocycles. The van der Waals surface area contributed by atoms with Crippen molar-refractivity contribution in [3.05, 3.63) is 42.3 Å². The summed E-state index contributed by atoms with van der Waals surface area (Å²) in [5, 5.41) is 14.7. The quantitative estimate of drug-likeness (QED) is 0.714. The summed E-state index contributed by atoms with van der Waals surface area (Å²) in [6.07, 6.45) is 9.19. The van der Waals surface area contributed by atoms with Crippen LogP contribution in [0.4, 0.5) is 5.69 Å². The van der Waals surface area contributed by atoms with E-state index in [9.17, 15) is 10.1 Å². The van der Waals surface area contributed by atoms with Gasteiger partial charge in [0, 0.05) is 54.1 Å². The van der Waals surface area contributed by atoms with Crippen molar-refractivity contribution in [1.82, 2.24) is 24.6 Å². The minimum absolute atomic E-state index is 0.174. The number of carbonyl (C=O) groups is 1. The Morgan fingerprint density at radius 3 is 2.96 bits per heavy atom. The van der Waals surface area contributed by atoms with Crippen molar-refractivity contribution in [3.8, 4) is 17.2 Å². The van der Waals surface area contributed by atoms with Gasteiger partial charge in [-0.1, -0.05) is 0 Å². The molecule has 28 heavy (non-hydrogen) atoms. The number of amides is 1. The molecule has 1 aliphatic heterocycles. The number of rotatable bonds is 4. The Morgan fingerprint density at radius 1 is 1.43 bits per heavy atom. The maximum Gasteiger partial charge on any atom is 0.225 e. The Morgan fingerprint density at radius 2 is 2.25 bits per heavy atom. The van der Waals surface area contributed by atoms with Crippen LogP contribution in [0.5, 0.6) is 0 Å². The maximum absolute atomic E-state index is 12.3. The van der Waals surface area contributed by atoms with Crippen LogP contribution in [-0.4, -0.2) is 43.6 Å². The summed E-state index contributed by atoms with van der Waals surface area (Å²) in [6.45, 7) is 8.49. The Hall–Kier alpha value is -3.65. The molecule has 0 aromatic carbocycles. The monoisotopic (exact) mass is 371 g/mol. The summed E-state index contributed by atoms with van der Waals surface area (Å²) in [5.41, 5.74) is 2.26. The Labute approximate surface area is 161 Å². The molecule has 2 aliphatic rings. The standard InChI is InChI=1S/C20H17N7O/c1-22-16-9-24-18-15(4-7-23-18)17(16)14-8-25-27(10-14)20(5-6-21)11-26(12-20)19(28)13-2-3-13/h4,7-10,13H,2-3,5,11-12H2,(H,23,24).